The van der Waals surface area contributed by atoms with Crippen LogP contribution >= 0.6 is 0 Å². The summed E-state index contributed by atoms with van der Waals surface area (Å²) in [7, 11) is 0. The number of benzene rings is 2. The fourth-order valence-corrected chi connectivity index (χ4v) is 2.44. The van der Waals surface area contributed by atoms with Crippen LogP contribution in [-0.4, -0.2) is 32.3 Å². The second kappa shape index (κ2) is 6.39. The highest BCUT2D eigenvalue weighted by atomic mass is 16.2. The van der Waals surface area contributed by atoms with Gasteiger partial charge >= 0.3 is 0 Å². The molecule has 1 amide bonds. The Morgan fingerprint density at radius 3 is 2.59 bits per heavy atom. The number of carbonyl (C=O) groups excluding carboxylic acids is 1. The van der Waals surface area contributed by atoms with Gasteiger partial charge in [-0.1, -0.05) is 47.7 Å². The van der Waals surface area contributed by atoms with Crippen LogP contribution in [0.15, 0.2) is 54.6 Å². The summed E-state index contributed by atoms with van der Waals surface area (Å²) in [6.07, 6.45) is 0. The second-order valence-corrected chi connectivity index (χ2v) is 5.13. The van der Waals surface area contributed by atoms with Crippen molar-refractivity contribution in [1.29, 1.82) is 0 Å². The van der Waals surface area contributed by atoms with E-state index in [2.05, 4.69) is 10.3 Å². The number of likely N-dealkylation sites (N-methyl/N-ethyl adjacent to an activating group) is 1. The molecule has 0 saturated heterocycles. The van der Waals surface area contributed by atoms with Gasteiger partial charge in [0.1, 0.15) is 12.1 Å². The summed E-state index contributed by atoms with van der Waals surface area (Å²) in [5.74, 6) is 0.0435. The van der Waals surface area contributed by atoms with Gasteiger partial charge in [-0.05, 0) is 24.6 Å². The van der Waals surface area contributed by atoms with E-state index in [9.17, 15) is 4.79 Å². The Bertz CT molecular complexity index is 766. The minimum Gasteiger partial charge on any atom is -0.337 e. The van der Waals surface area contributed by atoms with Gasteiger partial charge in [0.05, 0.1) is 5.52 Å². The lowest BCUT2D eigenvalue weighted by Crippen LogP contribution is -2.33. The maximum atomic E-state index is 12.5. The van der Waals surface area contributed by atoms with E-state index in [1.807, 2.05) is 66.4 Å². The summed E-state index contributed by atoms with van der Waals surface area (Å²) in [5.41, 5.74) is 2.81. The number of nitrogens with zero attached hydrogens (tertiary/aromatic N) is 4. The van der Waals surface area contributed by atoms with E-state index in [0.717, 1.165) is 16.6 Å². The number of amides is 1. The molecule has 0 aliphatic carbocycles. The zero-order valence-electron chi connectivity index (χ0n) is 12.5. The van der Waals surface area contributed by atoms with Gasteiger partial charge in [-0.2, -0.15) is 0 Å². The summed E-state index contributed by atoms with van der Waals surface area (Å²) in [4.78, 5) is 14.4. The van der Waals surface area contributed by atoms with Crippen LogP contribution in [0.1, 0.15) is 12.5 Å². The molecule has 1 heterocycles. The summed E-state index contributed by atoms with van der Waals surface area (Å²) >= 11 is 0. The molecule has 0 radical (unpaired) electrons. The summed E-state index contributed by atoms with van der Waals surface area (Å²) in [6.45, 7) is 3.48. The highest BCUT2D eigenvalue weighted by Crippen LogP contribution is 2.11. The van der Waals surface area contributed by atoms with Gasteiger partial charge in [0.2, 0.25) is 5.91 Å². The Morgan fingerprint density at radius 2 is 1.82 bits per heavy atom. The van der Waals surface area contributed by atoms with Gasteiger partial charge < -0.3 is 4.90 Å². The molecular formula is C17H18N4O. The third-order valence-electron chi connectivity index (χ3n) is 3.66. The summed E-state index contributed by atoms with van der Waals surface area (Å²) in [6, 6.07) is 17.7. The molecule has 5 heteroatoms. The van der Waals surface area contributed by atoms with Gasteiger partial charge in [0.15, 0.2) is 0 Å². The van der Waals surface area contributed by atoms with Gasteiger partial charge in [-0.3, -0.25) is 4.79 Å². The topological polar surface area (TPSA) is 51.0 Å². The molecule has 0 bridgehead atoms. The number of para-hydroxylation sites is 1. The Kier molecular flexibility index (Phi) is 4.14. The molecule has 0 aliphatic rings. The molecule has 1 aromatic heterocycles. The van der Waals surface area contributed by atoms with Crippen LogP contribution in [0.4, 0.5) is 0 Å². The Hall–Kier alpha value is -2.69. The van der Waals surface area contributed by atoms with Gasteiger partial charge in [-0.15, -0.1) is 5.10 Å². The minimum atomic E-state index is 0.0435. The Balaban J connectivity index is 1.74. The predicted octanol–water partition coefficient (Wildman–Crippen LogP) is 2.48. The largest absolute Gasteiger partial charge is 0.337 e. The lowest BCUT2D eigenvalue weighted by Gasteiger charge is -2.21. The zero-order chi connectivity index (χ0) is 15.4. The normalized spacial score (nSPS) is 10.8. The number of rotatable bonds is 5. The maximum absolute atomic E-state index is 12.5. The molecule has 0 N–H and O–H groups in total. The zero-order valence-corrected chi connectivity index (χ0v) is 12.5. The first-order valence-corrected chi connectivity index (χ1v) is 7.38. The van der Waals surface area contributed by atoms with Crippen molar-refractivity contribution < 1.29 is 4.79 Å². The summed E-state index contributed by atoms with van der Waals surface area (Å²) < 4.78 is 1.66. The van der Waals surface area contributed by atoms with Crippen molar-refractivity contribution in [2.24, 2.45) is 0 Å². The summed E-state index contributed by atoms with van der Waals surface area (Å²) in [5, 5.41) is 8.16. The molecule has 0 spiro atoms. The van der Waals surface area contributed by atoms with Crippen molar-refractivity contribution in [2.45, 2.75) is 20.0 Å². The molecule has 112 valence electrons. The Morgan fingerprint density at radius 1 is 1.09 bits per heavy atom. The van der Waals surface area contributed by atoms with Gasteiger partial charge in [0, 0.05) is 13.1 Å². The second-order valence-electron chi connectivity index (χ2n) is 5.13. The van der Waals surface area contributed by atoms with Gasteiger partial charge in [0.25, 0.3) is 0 Å². The first-order chi connectivity index (χ1) is 10.8. The average molecular weight is 294 g/mol. The lowest BCUT2D eigenvalue weighted by atomic mass is 10.2. The van der Waals surface area contributed by atoms with E-state index < -0.39 is 0 Å². The van der Waals surface area contributed by atoms with E-state index >= 15 is 0 Å². The highest BCUT2D eigenvalue weighted by molar-refractivity contribution is 5.79. The molecule has 5 nitrogen and oxygen atoms in total. The van der Waals surface area contributed by atoms with Crippen molar-refractivity contribution in [3.63, 3.8) is 0 Å². The number of carbonyl (C=O) groups is 1. The van der Waals surface area contributed by atoms with Crippen molar-refractivity contribution in [2.75, 3.05) is 6.54 Å². The third-order valence-corrected chi connectivity index (χ3v) is 3.66. The SMILES string of the molecule is CCN(Cc1ccccc1)C(=O)Cn1nnc2ccccc21. The fourth-order valence-electron chi connectivity index (χ4n) is 2.44. The molecule has 0 atom stereocenters. The molecule has 3 aromatic rings. The van der Waals surface area contributed by atoms with Crippen molar-refractivity contribution in [3.05, 3.63) is 60.2 Å². The average Bonchev–Trinajstić information content (AvgIpc) is 2.97. The van der Waals surface area contributed by atoms with Crippen LogP contribution in [0.2, 0.25) is 0 Å². The van der Waals surface area contributed by atoms with Crippen LogP contribution in [0, 0.1) is 0 Å². The fraction of sp³-hybridized carbons (Fsp3) is 0.235. The molecule has 0 fully saturated rings. The van der Waals surface area contributed by atoms with E-state index in [-0.39, 0.29) is 12.5 Å². The van der Waals surface area contributed by atoms with E-state index in [4.69, 9.17) is 0 Å². The maximum Gasteiger partial charge on any atom is 0.244 e. The van der Waals surface area contributed by atoms with E-state index in [0.29, 0.717) is 13.1 Å². The molecule has 3 rings (SSSR count). The highest BCUT2D eigenvalue weighted by Gasteiger charge is 2.15. The molecule has 22 heavy (non-hydrogen) atoms. The first kappa shape index (κ1) is 14.3. The molecule has 0 aliphatic heterocycles. The van der Waals surface area contributed by atoms with Gasteiger partial charge in [-0.25, -0.2) is 4.68 Å². The molecule has 0 saturated carbocycles. The number of aromatic nitrogens is 3. The van der Waals surface area contributed by atoms with Crippen LogP contribution in [0.5, 0.6) is 0 Å². The predicted molar refractivity (Wildman–Crippen MR) is 85.1 cm³/mol. The number of fused-ring (bicyclic) bond motifs is 1. The monoisotopic (exact) mass is 294 g/mol. The van der Waals surface area contributed by atoms with Crippen LogP contribution in [0.3, 0.4) is 0 Å². The number of hydrogen-bond acceptors (Lipinski definition) is 3. The van der Waals surface area contributed by atoms with Crippen LogP contribution in [-0.2, 0) is 17.9 Å². The van der Waals surface area contributed by atoms with Crippen LogP contribution < -0.4 is 0 Å². The minimum absolute atomic E-state index is 0.0435. The first-order valence-electron chi connectivity index (χ1n) is 7.38. The lowest BCUT2D eigenvalue weighted by molar-refractivity contribution is -0.132. The van der Waals surface area contributed by atoms with Crippen molar-refractivity contribution >= 4 is 16.9 Å². The smallest absolute Gasteiger partial charge is 0.244 e. The molecule has 2 aromatic carbocycles. The van der Waals surface area contributed by atoms with Crippen LogP contribution in [0.25, 0.3) is 11.0 Å². The van der Waals surface area contributed by atoms with E-state index in [1.54, 1.807) is 4.68 Å². The van der Waals surface area contributed by atoms with Crippen molar-refractivity contribution in [3.8, 4) is 0 Å². The third kappa shape index (κ3) is 2.98. The quantitative estimate of drug-likeness (QED) is 0.726. The van der Waals surface area contributed by atoms with E-state index in [1.165, 1.54) is 0 Å². The van der Waals surface area contributed by atoms with Crippen molar-refractivity contribution in [1.82, 2.24) is 19.9 Å². The standard InChI is InChI=1S/C17H18N4O/c1-2-20(12-14-8-4-3-5-9-14)17(22)13-21-16-11-7-6-10-15(16)18-19-21/h3-11H,2,12-13H2,1H3. The molecular weight excluding hydrogens is 276 g/mol. The number of hydrogen-bond donors (Lipinski definition) is 0. The Labute approximate surface area is 129 Å². The molecule has 0 unspecified atom stereocenters.